The van der Waals surface area contributed by atoms with Crippen LogP contribution in [0, 0.1) is 5.92 Å². The fourth-order valence-electron chi connectivity index (χ4n) is 2.21. The molecule has 1 fully saturated rings. The van der Waals surface area contributed by atoms with Crippen LogP contribution in [0.3, 0.4) is 0 Å². The number of halogens is 2. The number of rotatable bonds is 7. The van der Waals surface area contributed by atoms with Crippen LogP contribution in [0.15, 0.2) is 5.38 Å². The van der Waals surface area contributed by atoms with Gasteiger partial charge in [-0.3, -0.25) is 14.5 Å². The van der Waals surface area contributed by atoms with Gasteiger partial charge in [-0.05, 0) is 0 Å². The minimum atomic E-state index is -0.0874. The molecule has 0 spiro atoms. The molecule has 2 heterocycles. The zero-order valence-corrected chi connectivity index (χ0v) is 17.0. The number of anilines is 1. The summed E-state index contributed by atoms with van der Waals surface area (Å²) in [6.45, 7) is 9.27. The average Bonchev–Trinajstić information content (AvgIpc) is 2.95. The van der Waals surface area contributed by atoms with Crippen molar-refractivity contribution in [1.82, 2.24) is 20.5 Å². The van der Waals surface area contributed by atoms with Crippen molar-refractivity contribution in [3.8, 4) is 0 Å². The number of aromatic nitrogens is 1. The summed E-state index contributed by atoms with van der Waals surface area (Å²) in [7, 11) is 0. The average molecular weight is 412 g/mol. The molecular weight excluding hydrogens is 385 g/mol. The first-order valence-corrected chi connectivity index (χ1v) is 8.87. The minimum absolute atomic E-state index is 0. The van der Waals surface area contributed by atoms with Crippen LogP contribution in [0.4, 0.5) is 5.13 Å². The van der Waals surface area contributed by atoms with E-state index in [-0.39, 0.29) is 49.0 Å². The van der Waals surface area contributed by atoms with E-state index in [1.165, 1.54) is 11.3 Å². The Kier molecular flexibility index (Phi) is 12.0. The molecule has 1 aliphatic rings. The molecule has 0 aliphatic carbocycles. The van der Waals surface area contributed by atoms with E-state index in [0.29, 0.717) is 17.4 Å². The molecule has 1 aromatic heterocycles. The number of carbonyl (C=O) groups is 2. The summed E-state index contributed by atoms with van der Waals surface area (Å²) in [4.78, 5) is 30.1. The largest absolute Gasteiger partial charge is 0.354 e. The van der Waals surface area contributed by atoms with E-state index in [9.17, 15) is 9.59 Å². The summed E-state index contributed by atoms with van der Waals surface area (Å²) in [5.74, 6) is -0.186. The molecule has 0 radical (unpaired) electrons. The highest BCUT2D eigenvalue weighted by atomic mass is 35.5. The van der Waals surface area contributed by atoms with Crippen molar-refractivity contribution >= 4 is 53.1 Å². The SMILES string of the molecule is CC(C)C(=O)Nc1nc(CC(=O)NCCN2CCNCC2)cs1.Cl.Cl. The van der Waals surface area contributed by atoms with Gasteiger partial charge >= 0.3 is 0 Å². The standard InChI is InChI=1S/C15H25N5O2S.2ClH/c1-11(2)14(22)19-15-18-12(10-23-15)9-13(21)17-5-8-20-6-3-16-4-7-20;;/h10-11,16H,3-9H2,1-2H3,(H,17,21)(H,18,19,22);2*1H. The molecule has 10 heteroatoms. The smallest absolute Gasteiger partial charge is 0.228 e. The third kappa shape index (κ3) is 8.82. The first-order chi connectivity index (χ1) is 11.0. The van der Waals surface area contributed by atoms with E-state index >= 15 is 0 Å². The molecule has 2 rings (SSSR count). The van der Waals surface area contributed by atoms with Gasteiger partial charge in [0.2, 0.25) is 11.8 Å². The lowest BCUT2D eigenvalue weighted by Crippen LogP contribution is -2.46. The first-order valence-electron chi connectivity index (χ1n) is 7.99. The van der Waals surface area contributed by atoms with Crippen LogP contribution in [-0.4, -0.2) is 61.0 Å². The quantitative estimate of drug-likeness (QED) is 0.626. The van der Waals surface area contributed by atoms with Gasteiger partial charge in [-0.25, -0.2) is 4.98 Å². The summed E-state index contributed by atoms with van der Waals surface area (Å²) in [5.41, 5.74) is 0.689. The molecule has 1 aliphatic heterocycles. The van der Waals surface area contributed by atoms with Gasteiger partial charge in [0.25, 0.3) is 0 Å². The highest BCUT2D eigenvalue weighted by molar-refractivity contribution is 7.13. The summed E-state index contributed by atoms with van der Waals surface area (Å²) in [6.07, 6.45) is 0.246. The summed E-state index contributed by atoms with van der Waals surface area (Å²) < 4.78 is 0. The number of nitrogens with zero attached hydrogens (tertiary/aromatic N) is 2. The number of amides is 2. The van der Waals surface area contributed by atoms with Crippen LogP contribution in [0.1, 0.15) is 19.5 Å². The van der Waals surface area contributed by atoms with E-state index in [4.69, 9.17) is 0 Å². The molecule has 25 heavy (non-hydrogen) atoms. The van der Waals surface area contributed by atoms with Gasteiger partial charge in [0, 0.05) is 50.6 Å². The lowest BCUT2D eigenvalue weighted by molar-refractivity contribution is -0.120. The molecule has 1 saturated heterocycles. The van der Waals surface area contributed by atoms with Crippen LogP contribution in [-0.2, 0) is 16.0 Å². The van der Waals surface area contributed by atoms with Crippen LogP contribution in [0.25, 0.3) is 0 Å². The second kappa shape index (κ2) is 12.4. The van der Waals surface area contributed by atoms with Crippen LogP contribution in [0.2, 0.25) is 0 Å². The van der Waals surface area contributed by atoms with Gasteiger partial charge in [-0.2, -0.15) is 0 Å². The van der Waals surface area contributed by atoms with Crippen molar-refractivity contribution in [3.63, 3.8) is 0 Å². The highest BCUT2D eigenvalue weighted by Crippen LogP contribution is 2.16. The Bertz CT molecular complexity index is 536. The minimum Gasteiger partial charge on any atom is -0.354 e. The number of thiazole rings is 1. The monoisotopic (exact) mass is 411 g/mol. The molecular formula is C15H27Cl2N5O2S. The molecule has 0 unspecified atom stereocenters. The van der Waals surface area contributed by atoms with E-state index < -0.39 is 0 Å². The van der Waals surface area contributed by atoms with Gasteiger partial charge in [0.05, 0.1) is 12.1 Å². The number of hydrogen-bond donors (Lipinski definition) is 3. The zero-order valence-electron chi connectivity index (χ0n) is 14.5. The third-order valence-corrected chi connectivity index (χ3v) is 4.41. The maximum Gasteiger partial charge on any atom is 0.228 e. The van der Waals surface area contributed by atoms with Gasteiger partial charge in [-0.1, -0.05) is 13.8 Å². The zero-order chi connectivity index (χ0) is 16.7. The lowest BCUT2D eigenvalue weighted by Gasteiger charge is -2.27. The Hall–Kier alpha value is -0.930. The van der Waals surface area contributed by atoms with Gasteiger partial charge in [-0.15, -0.1) is 36.2 Å². The topological polar surface area (TPSA) is 86.4 Å². The molecule has 0 aromatic carbocycles. The Morgan fingerprint density at radius 3 is 2.64 bits per heavy atom. The Labute approximate surface area is 165 Å². The summed E-state index contributed by atoms with van der Waals surface area (Å²) >= 11 is 1.35. The van der Waals surface area contributed by atoms with E-state index in [0.717, 1.165) is 32.7 Å². The fourth-order valence-corrected chi connectivity index (χ4v) is 2.92. The van der Waals surface area contributed by atoms with Crippen molar-refractivity contribution in [2.24, 2.45) is 5.92 Å². The summed E-state index contributed by atoms with van der Waals surface area (Å²) in [5, 5.41) is 11.3. The Balaban J connectivity index is 0.00000288. The Morgan fingerprint density at radius 2 is 2.00 bits per heavy atom. The van der Waals surface area contributed by atoms with Crippen molar-refractivity contribution in [1.29, 1.82) is 0 Å². The molecule has 0 saturated carbocycles. The van der Waals surface area contributed by atoms with E-state index in [1.54, 1.807) is 0 Å². The number of hydrogen-bond acceptors (Lipinski definition) is 6. The summed E-state index contributed by atoms with van der Waals surface area (Å²) in [6, 6.07) is 0. The molecule has 1 aromatic rings. The van der Waals surface area contributed by atoms with Crippen molar-refractivity contribution < 1.29 is 9.59 Å². The molecule has 7 nitrogen and oxygen atoms in total. The number of carbonyl (C=O) groups excluding carboxylic acids is 2. The molecule has 0 bridgehead atoms. The predicted molar refractivity (Wildman–Crippen MR) is 106 cm³/mol. The second-order valence-corrected chi connectivity index (χ2v) is 6.76. The van der Waals surface area contributed by atoms with Crippen molar-refractivity contribution in [2.75, 3.05) is 44.6 Å². The normalized spacial score (nSPS) is 14.4. The van der Waals surface area contributed by atoms with Crippen molar-refractivity contribution in [3.05, 3.63) is 11.1 Å². The van der Waals surface area contributed by atoms with E-state index in [1.807, 2.05) is 19.2 Å². The van der Waals surface area contributed by atoms with Crippen molar-refractivity contribution in [2.45, 2.75) is 20.3 Å². The first kappa shape index (κ1) is 24.1. The molecule has 2 amide bonds. The van der Waals surface area contributed by atoms with Crippen LogP contribution >= 0.6 is 36.2 Å². The maximum absolute atomic E-state index is 11.9. The second-order valence-electron chi connectivity index (χ2n) is 5.91. The number of nitrogens with one attached hydrogen (secondary N) is 3. The molecule has 144 valence electrons. The highest BCUT2D eigenvalue weighted by Gasteiger charge is 2.13. The molecule has 3 N–H and O–H groups in total. The maximum atomic E-state index is 11.9. The Morgan fingerprint density at radius 1 is 1.32 bits per heavy atom. The van der Waals surface area contributed by atoms with Gasteiger partial charge in [0.1, 0.15) is 0 Å². The third-order valence-electron chi connectivity index (χ3n) is 3.61. The fraction of sp³-hybridized carbons (Fsp3) is 0.667. The number of piperazine rings is 1. The lowest BCUT2D eigenvalue weighted by atomic mass is 10.2. The van der Waals surface area contributed by atoms with Crippen LogP contribution < -0.4 is 16.0 Å². The van der Waals surface area contributed by atoms with E-state index in [2.05, 4.69) is 25.8 Å². The van der Waals surface area contributed by atoms with Gasteiger partial charge < -0.3 is 16.0 Å². The van der Waals surface area contributed by atoms with Gasteiger partial charge in [0.15, 0.2) is 5.13 Å². The van der Waals surface area contributed by atoms with Crippen LogP contribution in [0.5, 0.6) is 0 Å². The molecule has 0 atom stereocenters. The predicted octanol–water partition coefficient (Wildman–Crippen LogP) is 1.15.